The van der Waals surface area contributed by atoms with Crippen molar-refractivity contribution in [2.24, 2.45) is 0 Å². The van der Waals surface area contributed by atoms with Gasteiger partial charge in [-0.2, -0.15) is 0 Å². The molecule has 0 fully saturated rings. The van der Waals surface area contributed by atoms with E-state index >= 15 is 0 Å². The van der Waals surface area contributed by atoms with E-state index in [2.05, 4.69) is 10.3 Å². The maximum absolute atomic E-state index is 11.9. The van der Waals surface area contributed by atoms with Gasteiger partial charge in [-0.3, -0.25) is 4.79 Å². The Hall–Kier alpha value is -2.30. The third-order valence-corrected chi connectivity index (χ3v) is 2.47. The van der Waals surface area contributed by atoms with Gasteiger partial charge in [0, 0.05) is 0 Å². The van der Waals surface area contributed by atoms with Crippen LogP contribution in [0.3, 0.4) is 0 Å². The van der Waals surface area contributed by atoms with Gasteiger partial charge in [0.15, 0.2) is 0 Å². The van der Waals surface area contributed by atoms with Crippen LogP contribution in [0.2, 0.25) is 0 Å². The Kier molecular flexibility index (Phi) is 3.32. The van der Waals surface area contributed by atoms with Gasteiger partial charge in [0.25, 0.3) is 5.91 Å². The Balaban J connectivity index is 2.05. The normalized spacial score (nSPS) is 10.3. The molecule has 0 aliphatic carbocycles. The summed E-state index contributed by atoms with van der Waals surface area (Å²) in [4.78, 5) is 15.8. The van der Waals surface area contributed by atoms with Crippen molar-refractivity contribution in [2.45, 2.75) is 20.4 Å². The van der Waals surface area contributed by atoms with Crippen molar-refractivity contribution < 1.29 is 14.3 Å². The number of aryl methyl sites for hydroxylation is 2. The summed E-state index contributed by atoms with van der Waals surface area (Å²) in [6, 6.07) is 4.87. The number of nitrogens with one attached hydrogen (secondary N) is 1. The molecule has 1 heterocycles. The number of rotatable bonds is 3. The second kappa shape index (κ2) is 4.91. The number of carbonyl (C=O) groups excluding carboxylic acids is 1. The highest BCUT2D eigenvalue weighted by atomic mass is 16.4. The number of phenols is 1. The van der Waals surface area contributed by atoms with E-state index in [1.54, 1.807) is 25.3 Å². The Morgan fingerprint density at radius 2 is 2.22 bits per heavy atom. The summed E-state index contributed by atoms with van der Waals surface area (Å²) in [6.45, 7) is 3.83. The fourth-order valence-electron chi connectivity index (χ4n) is 1.57. The molecule has 0 atom stereocenters. The number of amides is 1. The first-order valence-electron chi connectivity index (χ1n) is 5.55. The zero-order valence-corrected chi connectivity index (χ0v) is 10.2. The van der Waals surface area contributed by atoms with Crippen LogP contribution in [-0.2, 0) is 6.54 Å². The van der Waals surface area contributed by atoms with Gasteiger partial charge in [-0.1, -0.05) is 11.6 Å². The van der Waals surface area contributed by atoms with Crippen LogP contribution >= 0.6 is 0 Å². The summed E-state index contributed by atoms with van der Waals surface area (Å²) in [5, 5.41) is 12.2. The zero-order valence-electron chi connectivity index (χ0n) is 10.2. The highest BCUT2D eigenvalue weighted by Gasteiger charge is 2.11. The van der Waals surface area contributed by atoms with Crippen LogP contribution in [0.1, 0.15) is 27.6 Å². The summed E-state index contributed by atoms with van der Waals surface area (Å²) in [5.74, 6) is 0.736. The Bertz CT molecular complexity index is 575. The van der Waals surface area contributed by atoms with Gasteiger partial charge in [0.2, 0.25) is 5.89 Å². The van der Waals surface area contributed by atoms with Crippen LogP contribution in [0.25, 0.3) is 0 Å². The standard InChI is InChI=1S/C13H14N2O3/c1-8-3-4-11(16)10(5-8)13(17)15-7-12-14-6-9(2)18-12/h3-6,16H,7H2,1-2H3,(H,15,17). The summed E-state index contributed by atoms with van der Waals surface area (Å²) < 4.78 is 5.24. The number of nitrogens with zero attached hydrogens (tertiary/aromatic N) is 1. The quantitative estimate of drug-likeness (QED) is 0.867. The molecule has 5 nitrogen and oxygen atoms in total. The number of hydrogen-bond acceptors (Lipinski definition) is 4. The van der Waals surface area contributed by atoms with Crippen molar-refractivity contribution in [2.75, 3.05) is 0 Å². The molecule has 2 N–H and O–H groups in total. The number of phenolic OH excluding ortho intramolecular Hbond substituents is 1. The molecule has 0 bridgehead atoms. The largest absolute Gasteiger partial charge is 0.507 e. The molecule has 94 valence electrons. The molecule has 0 unspecified atom stereocenters. The third-order valence-electron chi connectivity index (χ3n) is 2.47. The first-order valence-corrected chi connectivity index (χ1v) is 5.55. The van der Waals surface area contributed by atoms with Crippen molar-refractivity contribution in [3.8, 4) is 5.75 Å². The fraction of sp³-hybridized carbons (Fsp3) is 0.231. The number of aromatic nitrogens is 1. The minimum Gasteiger partial charge on any atom is -0.507 e. The molecule has 5 heteroatoms. The second-order valence-electron chi connectivity index (χ2n) is 4.07. The zero-order chi connectivity index (χ0) is 13.1. The van der Waals surface area contributed by atoms with Crippen molar-refractivity contribution >= 4 is 5.91 Å². The highest BCUT2D eigenvalue weighted by molar-refractivity contribution is 5.96. The van der Waals surface area contributed by atoms with E-state index in [4.69, 9.17) is 4.42 Å². The van der Waals surface area contributed by atoms with Gasteiger partial charge in [-0.05, 0) is 26.0 Å². The average molecular weight is 246 g/mol. The molecule has 0 saturated carbocycles. The lowest BCUT2D eigenvalue weighted by atomic mass is 10.1. The third kappa shape index (κ3) is 2.68. The van der Waals surface area contributed by atoms with E-state index in [-0.39, 0.29) is 23.8 Å². The van der Waals surface area contributed by atoms with E-state index in [9.17, 15) is 9.90 Å². The van der Waals surface area contributed by atoms with Gasteiger partial charge < -0.3 is 14.8 Å². The molecule has 1 aromatic carbocycles. The van der Waals surface area contributed by atoms with E-state index in [1.807, 2.05) is 6.92 Å². The summed E-state index contributed by atoms with van der Waals surface area (Å²) in [6.07, 6.45) is 1.59. The van der Waals surface area contributed by atoms with Crippen LogP contribution in [0, 0.1) is 13.8 Å². The van der Waals surface area contributed by atoms with E-state index in [0.29, 0.717) is 11.7 Å². The molecule has 0 aliphatic heterocycles. The first-order chi connectivity index (χ1) is 8.56. The molecule has 0 aliphatic rings. The molecule has 0 spiro atoms. The highest BCUT2D eigenvalue weighted by Crippen LogP contribution is 2.18. The number of aromatic hydroxyl groups is 1. The van der Waals surface area contributed by atoms with Gasteiger partial charge in [0.1, 0.15) is 11.5 Å². The minimum atomic E-state index is -0.355. The van der Waals surface area contributed by atoms with Crippen molar-refractivity contribution in [1.29, 1.82) is 0 Å². The molecule has 2 rings (SSSR count). The summed E-state index contributed by atoms with van der Waals surface area (Å²) >= 11 is 0. The fourth-order valence-corrected chi connectivity index (χ4v) is 1.57. The van der Waals surface area contributed by atoms with Crippen LogP contribution in [0.4, 0.5) is 0 Å². The maximum atomic E-state index is 11.9. The molecular weight excluding hydrogens is 232 g/mol. The van der Waals surface area contributed by atoms with E-state index in [0.717, 1.165) is 5.56 Å². The van der Waals surface area contributed by atoms with Crippen molar-refractivity contribution in [3.63, 3.8) is 0 Å². The lowest BCUT2D eigenvalue weighted by Crippen LogP contribution is -2.23. The van der Waals surface area contributed by atoms with Crippen LogP contribution in [0.15, 0.2) is 28.8 Å². The van der Waals surface area contributed by atoms with E-state index in [1.165, 1.54) is 6.07 Å². The van der Waals surface area contributed by atoms with Crippen LogP contribution < -0.4 is 5.32 Å². The van der Waals surface area contributed by atoms with Crippen LogP contribution in [0.5, 0.6) is 5.75 Å². The summed E-state index contributed by atoms with van der Waals surface area (Å²) in [7, 11) is 0. The molecular formula is C13H14N2O3. The summed E-state index contributed by atoms with van der Waals surface area (Å²) in [5.41, 5.74) is 1.16. The lowest BCUT2D eigenvalue weighted by Gasteiger charge is -2.06. The predicted molar refractivity (Wildman–Crippen MR) is 65.3 cm³/mol. The molecule has 1 amide bonds. The predicted octanol–water partition coefficient (Wildman–Crippen LogP) is 1.93. The van der Waals surface area contributed by atoms with Gasteiger partial charge in [0.05, 0.1) is 18.3 Å². The SMILES string of the molecule is Cc1ccc(O)c(C(=O)NCc2ncc(C)o2)c1. The maximum Gasteiger partial charge on any atom is 0.255 e. The van der Waals surface area contributed by atoms with Gasteiger partial charge in [-0.15, -0.1) is 0 Å². The Morgan fingerprint density at radius 1 is 1.44 bits per heavy atom. The smallest absolute Gasteiger partial charge is 0.255 e. The second-order valence-corrected chi connectivity index (χ2v) is 4.07. The van der Waals surface area contributed by atoms with Gasteiger partial charge in [-0.25, -0.2) is 4.98 Å². The molecule has 0 radical (unpaired) electrons. The number of benzene rings is 1. The van der Waals surface area contributed by atoms with Gasteiger partial charge >= 0.3 is 0 Å². The monoisotopic (exact) mass is 246 g/mol. The Morgan fingerprint density at radius 3 is 2.89 bits per heavy atom. The number of hydrogen-bond donors (Lipinski definition) is 2. The van der Waals surface area contributed by atoms with E-state index < -0.39 is 0 Å². The minimum absolute atomic E-state index is 0.0401. The average Bonchev–Trinajstić information content (AvgIpc) is 2.75. The Labute approximate surface area is 104 Å². The lowest BCUT2D eigenvalue weighted by molar-refractivity contribution is 0.0944. The van der Waals surface area contributed by atoms with Crippen molar-refractivity contribution in [3.05, 3.63) is 47.2 Å². The molecule has 18 heavy (non-hydrogen) atoms. The van der Waals surface area contributed by atoms with Crippen molar-refractivity contribution in [1.82, 2.24) is 10.3 Å². The topological polar surface area (TPSA) is 75.4 Å². The number of oxazole rings is 1. The molecule has 2 aromatic rings. The molecule has 0 saturated heterocycles. The molecule has 1 aromatic heterocycles. The first kappa shape index (κ1) is 12.2. The van der Waals surface area contributed by atoms with Crippen LogP contribution in [-0.4, -0.2) is 16.0 Å². The number of carbonyl (C=O) groups is 1.